The molecule has 0 amide bonds. The van der Waals surface area contributed by atoms with Crippen molar-refractivity contribution < 1.29 is 9.47 Å². The van der Waals surface area contributed by atoms with Crippen molar-refractivity contribution in [3.05, 3.63) is 0 Å². The maximum Gasteiger partial charge on any atom is 0.193 e. The summed E-state index contributed by atoms with van der Waals surface area (Å²) in [7, 11) is 3.53. The van der Waals surface area contributed by atoms with Crippen molar-refractivity contribution in [1.29, 1.82) is 0 Å². The number of rotatable bonds is 6. The maximum absolute atomic E-state index is 5.44. The summed E-state index contributed by atoms with van der Waals surface area (Å²) < 4.78 is 10.4. The first-order valence-corrected chi connectivity index (χ1v) is 7.19. The van der Waals surface area contributed by atoms with Crippen molar-refractivity contribution in [2.24, 2.45) is 16.8 Å². The van der Waals surface area contributed by atoms with Crippen LogP contribution in [0.4, 0.5) is 0 Å². The number of methoxy groups -OCH3 is 1. The Morgan fingerprint density at radius 2 is 1.85 bits per heavy atom. The number of hydrogen-bond acceptors (Lipinski definition) is 3. The Bertz CT molecular complexity index is 267. The second-order valence-corrected chi connectivity index (χ2v) is 5.43. The third-order valence-corrected chi connectivity index (χ3v) is 3.34. The highest BCUT2D eigenvalue weighted by molar-refractivity contribution is 14.0. The van der Waals surface area contributed by atoms with Gasteiger partial charge < -0.3 is 19.7 Å². The molecule has 0 bridgehead atoms. The Hall–Kier alpha value is -0.0800. The number of hydrogen-bond donors (Lipinski definition) is 1. The van der Waals surface area contributed by atoms with E-state index in [1.165, 1.54) is 6.42 Å². The second kappa shape index (κ2) is 11.6. The first kappa shape index (κ1) is 19.9. The number of halogens is 1. The van der Waals surface area contributed by atoms with E-state index >= 15 is 0 Å². The van der Waals surface area contributed by atoms with Gasteiger partial charge in [0.1, 0.15) is 0 Å². The maximum atomic E-state index is 5.44. The van der Waals surface area contributed by atoms with Crippen LogP contribution in [0.15, 0.2) is 4.99 Å². The highest BCUT2D eigenvalue weighted by atomic mass is 127. The number of aliphatic imine (C=N–C) groups is 1. The van der Waals surface area contributed by atoms with Gasteiger partial charge in [-0.15, -0.1) is 24.0 Å². The predicted molar refractivity (Wildman–Crippen MR) is 94.0 cm³/mol. The molecule has 1 N–H and O–H groups in total. The van der Waals surface area contributed by atoms with Gasteiger partial charge >= 0.3 is 0 Å². The molecule has 0 radical (unpaired) electrons. The summed E-state index contributed by atoms with van der Waals surface area (Å²) in [5, 5.41) is 3.37. The lowest BCUT2D eigenvalue weighted by atomic mass is 9.92. The Balaban J connectivity index is 0.00000361. The van der Waals surface area contributed by atoms with Gasteiger partial charge in [-0.2, -0.15) is 0 Å². The molecule has 0 aliphatic carbocycles. The van der Waals surface area contributed by atoms with Crippen molar-refractivity contribution in [3.8, 4) is 0 Å². The smallest absolute Gasteiger partial charge is 0.193 e. The van der Waals surface area contributed by atoms with E-state index < -0.39 is 0 Å². The van der Waals surface area contributed by atoms with Gasteiger partial charge in [-0.25, -0.2) is 0 Å². The molecule has 1 fully saturated rings. The van der Waals surface area contributed by atoms with E-state index in [-0.39, 0.29) is 24.0 Å². The highest BCUT2D eigenvalue weighted by Crippen LogP contribution is 2.20. The summed E-state index contributed by atoms with van der Waals surface area (Å²) in [4.78, 5) is 6.72. The molecule has 0 aromatic rings. The molecular weight excluding hydrogens is 369 g/mol. The zero-order chi connectivity index (χ0) is 14.1. The van der Waals surface area contributed by atoms with E-state index in [4.69, 9.17) is 9.47 Å². The minimum atomic E-state index is 0. The average Bonchev–Trinajstić information content (AvgIpc) is 2.37. The Labute approximate surface area is 140 Å². The molecule has 0 spiro atoms. The summed E-state index contributed by atoms with van der Waals surface area (Å²) in [6, 6.07) is 0. The van der Waals surface area contributed by atoms with Crippen LogP contribution in [0.1, 0.15) is 20.3 Å². The number of nitrogens with one attached hydrogen (secondary N) is 1. The van der Waals surface area contributed by atoms with Crippen LogP contribution in [0.5, 0.6) is 0 Å². The summed E-state index contributed by atoms with van der Waals surface area (Å²) in [5.74, 6) is 2.47. The molecule has 1 aliphatic heterocycles. The van der Waals surface area contributed by atoms with Crippen molar-refractivity contribution in [2.75, 3.05) is 53.6 Å². The van der Waals surface area contributed by atoms with Crippen LogP contribution >= 0.6 is 24.0 Å². The first-order valence-electron chi connectivity index (χ1n) is 7.19. The quantitative estimate of drug-likeness (QED) is 0.320. The molecule has 20 heavy (non-hydrogen) atoms. The molecule has 0 aromatic carbocycles. The normalized spacial score (nSPS) is 23.4. The van der Waals surface area contributed by atoms with E-state index in [0.29, 0.717) is 19.8 Å². The third-order valence-electron chi connectivity index (χ3n) is 3.34. The first-order chi connectivity index (χ1) is 9.17. The lowest BCUT2D eigenvalue weighted by Gasteiger charge is -2.37. The van der Waals surface area contributed by atoms with Crippen LogP contribution in [0.2, 0.25) is 0 Å². The van der Waals surface area contributed by atoms with Gasteiger partial charge in [0.05, 0.1) is 19.8 Å². The number of guanidine groups is 1. The van der Waals surface area contributed by atoms with Gasteiger partial charge in [0.2, 0.25) is 0 Å². The van der Waals surface area contributed by atoms with Crippen molar-refractivity contribution in [1.82, 2.24) is 10.2 Å². The molecule has 0 saturated carbocycles. The molecule has 1 aliphatic rings. The van der Waals surface area contributed by atoms with Crippen LogP contribution in [-0.2, 0) is 9.47 Å². The zero-order valence-corrected chi connectivity index (χ0v) is 15.6. The fourth-order valence-electron chi connectivity index (χ4n) is 2.65. The molecule has 2 atom stereocenters. The Morgan fingerprint density at radius 3 is 2.40 bits per heavy atom. The Morgan fingerprint density at radius 1 is 1.20 bits per heavy atom. The van der Waals surface area contributed by atoms with Crippen molar-refractivity contribution in [2.45, 2.75) is 20.3 Å². The third kappa shape index (κ3) is 7.64. The summed E-state index contributed by atoms with van der Waals surface area (Å²) in [5.41, 5.74) is 0. The van der Waals surface area contributed by atoms with Gasteiger partial charge in [-0.3, -0.25) is 4.99 Å². The van der Waals surface area contributed by atoms with Crippen molar-refractivity contribution >= 4 is 29.9 Å². The second-order valence-electron chi connectivity index (χ2n) is 5.43. The minimum Gasteiger partial charge on any atom is -0.382 e. The van der Waals surface area contributed by atoms with Gasteiger partial charge in [-0.1, -0.05) is 13.8 Å². The van der Waals surface area contributed by atoms with Gasteiger partial charge in [-0.05, 0) is 18.3 Å². The van der Waals surface area contributed by atoms with Crippen LogP contribution < -0.4 is 5.32 Å². The van der Waals surface area contributed by atoms with Gasteiger partial charge in [0, 0.05) is 33.8 Å². The van der Waals surface area contributed by atoms with Crippen LogP contribution in [-0.4, -0.2) is 64.5 Å². The number of likely N-dealkylation sites (tertiary alicyclic amines) is 1. The zero-order valence-electron chi connectivity index (χ0n) is 13.2. The van der Waals surface area contributed by atoms with E-state index in [9.17, 15) is 0 Å². The molecule has 1 saturated heterocycles. The lowest BCUT2D eigenvalue weighted by molar-refractivity contribution is 0.0729. The predicted octanol–water partition coefficient (Wildman–Crippen LogP) is 1.82. The minimum absolute atomic E-state index is 0. The van der Waals surface area contributed by atoms with Crippen LogP contribution in [0.3, 0.4) is 0 Å². The molecule has 1 heterocycles. The highest BCUT2D eigenvalue weighted by Gasteiger charge is 2.23. The monoisotopic (exact) mass is 399 g/mol. The molecule has 1 rings (SSSR count). The molecular formula is C14H30IN3O2. The average molecular weight is 399 g/mol. The van der Waals surface area contributed by atoms with E-state index in [2.05, 4.69) is 29.1 Å². The summed E-state index contributed by atoms with van der Waals surface area (Å²) in [6.45, 7) is 9.57. The molecule has 2 unspecified atom stereocenters. The number of nitrogens with zero attached hydrogens (tertiary/aromatic N) is 2. The molecule has 0 aromatic heterocycles. The van der Waals surface area contributed by atoms with Gasteiger partial charge in [0.25, 0.3) is 0 Å². The van der Waals surface area contributed by atoms with Crippen LogP contribution in [0, 0.1) is 11.8 Å². The van der Waals surface area contributed by atoms with E-state index in [0.717, 1.165) is 37.4 Å². The topological polar surface area (TPSA) is 46.1 Å². The van der Waals surface area contributed by atoms with Crippen molar-refractivity contribution in [3.63, 3.8) is 0 Å². The van der Waals surface area contributed by atoms with Crippen LogP contribution in [0.25, 0.3) is 0 Å². The lowest BCUT2D eigenvalue weighted by Crippen LogP contribution is -2.49. The summed E-state index contributed by atoms with van der Waals surface area (Å²) >= 11 is 0. The fraction of sp³-hybridized carbons (Fsp3) is 0.929. The number of piperidine rings is 1. The fourth-order valence-corrected chi connectivity index (χ4v) is 2.65. The number of ether oxygens (including phenoxy) is 2. The Kier molecular flexibility index (Phi) is 11.5. The summed E-state index contributed by atoms with van der Waals surface area (Å²) in [6.07, 6.45) is 1.31. The molecule has 5 nitrogen and oxygen atoms in total. The SMILES string of the molecule is CN=C(NCCOCCOC)N1CC(C)CC(C)C1.I. The molecule has 120 valence electrons. The largest absolute Gasteiger partial charge is 0.382 e. The standard InChI is InChI=1S/C14H29N3O2.HI/c1-12-9-13(2)11-17(10-12)14(15-3)16-5-6-19-8-7-18-4;/h12-13H,5-11H2,1-4H3,(H,15,16);1H. The van der Waals surface area contributed by atoms with E-state index in [1.54, 1.807) is 7.11 Å². The van der Waals surface area contributed by atoms with Gasteiger partial charge in [0.15, 0.2) is 5.96 Å². The molecule has 6 heteroatoms. The van der Waals surface area contributed by atoms with E-state index in [1.807, 2.05) is 7.05 Å².